The summed E-state index contributed by atoms with van der Waals surface area (Å²) in [6.45, 7) is 3.51. The Morgan fingerprint density at radius 1 is 1.35 bits per heavy atom. The molecule has 0 bridgehead atoms. The molecule has 7 heteroatoms. The zero-order valence-electron chi connectivity index (χ0n) is 10.8. The van der Waals surface area contributed by atoms with Gasteiger partial charge >= 0.3 is 5.69 Å². The molecule has 0 saturated heterocycles. The number of anilines is 1. The van der Waals surface area contributed by atoms with Crippen molar-refractivity contribution < 1.29 is 5.11 Å². The van der Waals surface area contributed by atoms with Crippen molar-refractivity contribution >= 4 is 5.82 Å². The second-order valence-electron chi connectivity index (χ2n) is 4.76. The molecule has 1 aromatic rings. The second-order valence-corrected chi connectivity index (χ2v) is 4.76. The van der Waals surface area contributed by atoms with Crippen LogP contribution in [-0.2, 0) is 14.1 Å². The number of hydrogen-bond donors (Lipinski definition) is 1. The molecule has 1 N–H and O–H groups in total. The highest BCUT2D eigenvalue weighted by atomic mass is 16.3. The molecule has 0 aliphatic rings. The zero-order chi connectivity index (χ0) is 13.4. The lowest BCUT2D eigenvalue weighted by Crippen LogP contribution is -2.45. The fourth-order valence-electron chi connectivity index (χ4n) is 1.58. The molecule has 1 rings (SSSR count). The average Bonchev–Trinajstić information content (AvgIpc) is 2.17. The average molecular weight is 242 g/mol. The van der Waals surface area contributed by atoms with Crippen molar-refractivity contribution in [2.24, 2.45) is 14.1 Å². The molecule has 0 aliphatic heterocycles. The van der Waals surface area contributed by atoms with E-state index in [0.29, 0.717) is 0 Å². The molecule has 0 aliphatic carbocycles. The van der Waals surface area contributed by atoms with Gasteiger partial charge in [0, 0.05) is 27.7 Å². The van der Waals surface area contributed by atoms with Crippen LogP contribution in [0, 0.1) is 0 Å². The van der Waals surface area contributed by atoms with Gasteiger partial charge in [0.05, 0.1) is 5.60 Å². The molecule has 0 fully saturated rings. The molecule has 0 spiro atoms. The van der Waals surface area contributed by atoms with E-state index in [0.717, 1.165) is 9.25 Å². The van der Waals surface area contributed by atoms with E-state index < -0.39 is 16.9 Å². The molecule has 0 unspecified atom stereocenters. The molecule has 0 atom stereocenters. The van der Waals surface area contributed by atoms with Gasteiger partial charge in [-0.2, -0.15) is 0 Å². The third-order valence-corrected chi connectivity index (χ3v) is 2.29. The summed E-state index contributed by atoms with van der Waals surface area (Å²) in [6, 6.07) is 0. The van der Waals surface area contributed by atoms with E-state index in [1.807, 2.05) is 0 Å². The maximum absolute atomic E-state index is 11.8. The van der Waals surface area contributed by atoms with Crippen molar-refractivity contribution in [3.63, 3.8) is 0 Å². The molecular formula is C10H18N4O3. The molecule has 96 valence electrons. The third-order valence-electron chi connectivity index (χ3n) is 2.29. The maximum atomic E-state index is 11.8. The van der Waals surface area contributed by atoms with E-state index in [-0.39, 0.29) is 12.4 Å². The standard InChI is InChI=1S/C10H18N4O3/c1-10(2,17)6-12(3)7-8(15)13(4)9(16)14(5)11-7/h17H,6H2,1-5H3. The first-order valence-electron chi connectivity index (χ1n) is 5.21. The molecule has 1 heterocycles. The molecule has 0 aromatic carbocycles. The highest BCUT2D eigenvalue weighted by Gasteiger charge is 2.20. The van der Waals surface area contributed by atoms with Crippen molar-refractivity contribution in [1.82, 2.24) is 14.3 Å². The van der Waals surface area contributed by atoms with Gasteiger partial charge in [-0.3, -0.25) is 9.36 Å². The maximum Gasteiger partial charge on any atom is 0.346 e. The van der Waals surface area contributed by atoms with E-state index >= 15 is 0 Å². The van der Waals surface area contributed by atoms with Crippen molar-refractivity contribution in [1.29, 1.82) is 0 Å². The number of aromatic nitrogens is 3. The first kappa shape index (κ1) is 13.4. The van der Waals surface area contributed by atoms with Crippen LogP contribution in [0.3, 0.4) is 0 Å². The topological polar surface area (TPSA) is 80.4 Å². The molecule has 0 saturated carbocycles. The molecular weight excluding hydrogens is 224 g/mol. The minimum absolute atomic E-state index is 0.136. The van der Waals surface area contributed by atoms with Gasteiger partial charge in [0.25, 0.3) is 5.56 Å². The molecule has 7 nitrogen and oxygen atoms in total. The molecule has 17 heavy (non-hydrogen) atoms. The Bertz CT molecular complexity index is 524. The summed E-state index contributed by atoms with van der Waals surface area (Å²) < 4.78 is 2.08. The summed E-state index contributed by atoms with van der Waals surface area (Å²) in [5.41, 5.74) is -1.90. The highest BCUT2D eigenvalue weighted by molar-refractivity contribution is 5.33. The van der Waals surface area contributed by atoms with Gasteiger partial charge in [-0.15, -0.1) is 5.10 Å². The summed E-state index contributed by atoms with van der Waals surface area (Å²) in [4.78, 5) is 24.8. The Hall–Kier alpha value is -1.63. The number of hydrogen-bond acceptors (Lipinski definition) is 5. The van der Waals surface area contributed by atoms with E-state index in [4.69, 9.17) is 0 Å². The Kier molecular flexibility index (Phi) is 3.42. The number of rotatable bonds is 3. The van der Waals surface area contributed by atoms with Crippen molar-refractivity contribution in [2.45, 2.75) is 19.4 Å². The van der Waals surface area contributed by atoms with Gasteiger partial charge < -0.3 is 10.0 Å². The second kappa shape index (κ2) is 4.33. The van der Waals surface area contributed by atoms with Gasteiger partial charge in [0.2, 0.25) is 5.82 Å². The summed E-state index contributed by atoms with van der Waals surface area (Å²) in [6.07, 6.45) is 0. The number of aliphatic hydroxyl groups is 1. The van der Waals surface area contributed by atoms with E-state index in [1.165, 1.54) is 19.0 Å². The minimum Gasteiger partial charge on any atom is -0.389 e. The van der Waals surface area contributed by atoms with Crippen LogP contribution in [0.25, 0.3) is 0 Å². The smallest absolute Gasteiger partial charge is 0.346 e. The molecule has 0 radical (unpaired) electrons. The predicted molar refractivity (Wildman–Crippen MR) is 64.3 cm³/mol. The molecule has 0 amide bonds. The fourth-order valence-corrected chi connectivity index (χ4v) is 1.58. The van der Waals surface area contributed by atoms with Crippen LogP contribution < -0.4 is 16.1 Å². The summed E-state index contributed by atoms with van der Waals surface area (Å²) in [5.74, 6) is 0.136. The lowest BCUT2D eigenvalue weighted by atomic mass is 10.1. The SMILES string of the molecule is CN(CC(C)(C)O)c1nn(C)c(=O)n(C)c1=O. The monoisotopic (exact) mass is 242 g/mol. The van der Waals surface area contributed by atoms with Crippen LogP contribution in [-0.4, -0.2) is 38.6 Å². The summed E-state index contributed by atoms with van der Waals surface area (Å²) in [5, 5.41) is 13.6. The Morgan fingerprint density at radius 2 is 1.88 bits per heavy atom. The lowest BCUT2D eigenvalue weighted by Gasteiger charge is -2.25. The first-order chi connectivity index (χ1) is 7.63. The van der Waals surface area contributed by atoms with Gasteiger partial charge in [-0.25, -0.2) is 9.48 Å². The number of aryl methyl sites for hydroxylation is 1. The van der Waals surface area contributed by atoms with Crippen molar-refractivity contribution in [3.8, 4) is 0 Å². The van der Waals surface area contributed by atoms with Crippen LogP contribution in [0.15, 0.2) is 9.59 Å². The van der Waals surface area contributed by atoms with Crippen LogP contribution in [0.4, 0.5) is 5.82 Å². The van der Waals surface area contributed by atoms with Gasteiger partial charge in [0.15, 0.2) is 0 Å². The highest BCUT2D eigenvalue weighted by Crippen LogP contribution is 2.07. The fraction of sp³-hybridized carbons (Fsp3) is 0.700. The molecule has 1 aromatic heterocycles. The summed E-state index contributed by atoms with van der Waals surface area (Å²) in [7, 11) is 4.52. The summed E-state index contributed by atoms with van der Waals surface area (Å²) >= 11 is 0. The van der Waals surface area contributed by atoms with E-state index in [1.54, 1.807) is 20.9 Å². The predicted octanol–water partition coefficient (Wildman–Crippen LogP) is -1.31. The van der Waals surface area contributed by atoms with E-state index in [2.05, 4.69) is 5.10 Å². The Morgan fingerprint density at radius 3 is 2.35 bits per heavy atom. The zero-order valence-corrected chi connectivity index (χ0v) is 10.8. The Labute approximate surface area is 98.9 Å². The number of nitrogens with zero attached hydrogens (tertiary/aromatic N) is 4. The van der Waals surface area contributed by atoms with Gasteiger partial charge in [-0.1, -0.05) is 0 Å². The Balaban J connectivity index is 3.25. The van der Waals surface area contributed by atoms with Gasteiger partial charge in [-0.05, 0) is 13.8 Å². The van der Waals surface area contributed by atoms with Crippen LogP contribution in [0.2, 0.25) is 0 Å². The van der Waals surface area contributed by atoms with Crippen LogP contribution in [0.5, 0.6) is 0 Å². The normalized spacial score (nSPS) is 11.6. The minimum atomic E-state index is -0.948. The van der Waals surface area contributed by atoms with Crippen molar-refractivity contribution in [3.05, 3.63) is 20.8 Å². The lowest BCUT2D eigenvalue weighted by molar-refractivity contribution is 0.0883. The van der Waals surface area contributed by atoms with Gasteiger partial charge in [0.1, 0.15) is 0 Å². The van der Waals surface area contributed by atoms with E-state index in [9.17, 15) is 14.7 Å². The quantitative estimate of drug-likeness (QED) is 0.711. The first-order valence-corrected chi connectivity index (χ1v) is 5.21. The number of likely N-dealkylation sites (N-methyl/N-ethyl adjacent to an activating group) is 1. The third kappa shape index (κ3) is 2.94. The van der Waals surface area contributed by atoms with Crippen molar-refractivity contribution in [2.75, 3.05) is 18.5 Å². The van der Waals surface area contributed by atoms with Crippen LogP contribution >= 0.6 is 0 Å². The van der Waals surface area contributed by atoms with Crippen LogP contribution in [0.1, 0.15) is 13.8 Å². The largest absolute Gasteiger partial charge is 0.389 e.